The highest BCUT2D eigenvalue weighted by atomic mass is 35.5. The van der Waals surface area contributed by atoms with Crippen LogP contribution in [0.15, 0.2) is 11.6 Å². The van der Waals surface area contributed by atoms with Crippen LogP contribution in [-0.2, 0) is 4.79 Å². The topological polar surface area (TPSA) is 72.3 Å². The standard InChI is InChI=1S/C18H36O2.C7H14.ClH.H3N/c1-2-3-4-5-6-7-8-9-10-11-12-13-14-15-16-17-18(19)20;1-4-5-6-7(2)3;;/h2-17H2,1H3,(H,19,20);6H,4-5H2,1-3H3;1H;1H3. The Bertz CT molecular complexity index is 329. The lowest BCUT2D eigenvalue weighted by Gasteiger charge is -2.03. The zero-order valence-corrected chi connectivity index (χ0v) is 21.1. The fourth-order valence-corrected chi connectivity index (χ4v) is 3.08. The first kappa shape index (κ1) is 35.9. The molecule has 0 aromatic heterocycles. The van der Waals surface area contributed by atoms with Gasteiger partial charge in [-0.1, -0.05) is 122 Å². The number of halogens is 1. The maximum Gasteiger partial charge on any atom is 0.303 e. The van der Waals surface area contributed by atoms with Crippen molar-refractivity contribution in [1.82, 2.24) is 6.15 Å². The molecule has 29 heavy (non-hydrogen) atoms. The number of rotatable bonds is 18. The number of hydrogen-bond donors (Lipinski definition) is 2. The number of unbranched alkanes of at least 4 members (excludes halogenated alkanes) is 15. The van der Waals surface area contributed by atoms with Gasteiger partial charge in [0.15, 0.2) is 0 Å². The number of hydrogen-bond acceptors (Lipinski definition) is 2. The van der Waals surface area contributed by atoms with Gasteiger partial charge in [-0.05, 0) is 26.7 Å². The van der Waals surface area contributed by atoms with Gasteiger partial charge in [0.05, 0.1) is 0 Å². The molecule has 3 nitrogen and oxygen atoms in total. The summed E-state index contributed by atoms with van der Waals surface area (Å²) in [4.78, 5) is 10.3. The molecule has 0 saturated carbocycles. The van der Waals surface area contributed by atoms with Crippen molar-refractivity contribution in [3.05, 3.63) is 11.6 Å². The third kappa shape index (κ3) is 42.5. The van der Waals surface area contributed by atoms with Crippen molar-refractivity contribution < 1.29 is 9.90 Å². The molecule has 0 aromatic rings. The molecular formula is C25H54ClNO2. The van der Waals surface area contributed by atoms with Gasteiger partial charge >= 0.3 is 5.97 Å². The van der Waals surface area contributed by atoms with E-state index in [0.29, 0.717) is 6.42 Å². The summed E-state index contributed by atoms with van der Waals surface area (Å²) >= 11 is 0. The van der Waals surface area contributed by atoms with Gasteiger partial charge in [0, 0.05) is 6.42 Å². The predicted octanol–water partition coefficient (Wildman–Crippen LogP) is 9.67. The molecular weight excluding hydrogens is 382 g/mol. The first-order valence-electron chi connectivity index (χ1n) is 11.9. The molecule has 4 heteroatoms. The van der Waals surface area contributed by atoms with Crippen molar-refractivity contribution >= 4 is 18.4 Å². The second-order valence-electron chi connectivity index (χ2n) is 8.16. The SMILES string of the molecule is CCCC=C(C)C.CCCCCCCCCCCCCCCCCC(=O)O.Cl.N. The Labute approximate surface area is 189 Å². The molecule has 0 aromatic carbocycles. The molecule has 0 amide bonds. The van der Waals surface area contributed by atoms with Gasteiger partial charge in [-0.3, -0.25) is 4.79 Å². The summed E-state index contributed by atoms with van der Waals surface area (Å²) < 4.78 is 0. The molecule has 0 fully saturated rings. The summed E-state index contributed by atoms with van der Waals surface area (Å²) in [5.74, 6) is -0.653. The van der Waals surface area contributed by atoms with Crippen LogP contribution in [0.1, 0.15) is 143 Å². The van der Waals surface area contributed by atoms with Gasteiger partial charge < -0.3 is 11.3 Å². The maximum atomic E-state index is 10.3. The molecule has 0 spiro atoms. The molecule has 0 unspecified atom stereocenters. The van der Waals surface area contributed by atoms with Crippen LogP contribution >= 0.6 is 12.4 Å². The highest BCUT2D eigenvalue weighted by molar-refractivity contribution is 5.85. The molecule has 178 valence electrons. The fraction of sp³-hybridized carbons (Fsp3) is 0.880. The van der Waals surface area contributed by atoms with E-state index in [9.17, 15) is 4.79 Å². The minimum atomic E-state index is -0.653. The second-order valence-corrected chi connectivity index (χ2v) is 8.16. The summed E-state index contributed by atoms with van der Waals surface area (Å²) in [6, 6.07) is 0. The van der Waals surface area contributed by atoms with E-state index in [1.54, 1.807) is 0 Å². The molecule has 0 aliphatic carbocycles. The van der Waals surface area contributed by atoms with Crippen LogP contribution in [-0.4, -0.2) is 11.1 Å². The summed E-state index contributed by atoms with van der Waals surface area (Å²) in [5, 5.41) is 8.52. The monoisotopic (exact) mass is 435 g/mol. The summed E-state index contributed by atoms with van der Waals surface area (Å²) in [6.07, 6.45) is 25.0. The number of carboxylic acid groups (broad SMARTS) is 1. The number of carbonyl (C=O) groups is 1. The van der Waals surface area contributed by atoms with Crippen molar-refractivity contribution in [2.24, 2.45) is 0 Å². The van der Waals surface area contributed by atoms with E-state index in [-0.39, 0.29) is 18.6 Å². The minimum absolute atomic E-state index is 0. The summed E-state index contributed by atoms with van der Waals surface area (Å²) in [6.45, 7) is 8.73. The molecule has 0 heterocycles. The normalized spacial score (nSPS) is 9.52. The highest BCUT2D eigenvalue weighted by Gasteiger charge is 1.97. The minimum Gasteiger partial charge on any atom is -0.481 e. The summed E-state index contributed by atoms with van der Waals surface area (Å²) in [5.41, 5.74) is 1.43. The Balaban J connectivity index is -0.000000298. The third-order valence-corrected chi connectivity index (χ3v) is 4.84. The zero-order valence-electron chi connectivity index (χ0n) is 20.3. The Morgan fingerprint density at radius 3 is 1.24 bits per heavy atom. The molecule has 0 saturated heterocycles. The molecule has 0 radical (unpaired) electrons. The van der Waals surface area contributed by atoms with Gasteiger partial charge in [0.1, 0.15) is 0 Å². The van der Waals surface area contributed by atoms with E-state index in [1.165, 1.54) is 102 Å². The predicted molar refractivity (Wildman–Crippen MR) is 134 cm³/mol. The molecule has 0 bridgehead atoms. The number of allylic oxidation sites excluding steroid dienone is 2. The molecule has 0 atom stereocenters. The van der Waals surface area contributed by atoms with Crippen LogP contribution in [0.25, 0.3) is 0 Å². The Morgan fingerprint density at radius 1 is 0.655 bits per heavy atom. The van der Waals surface area contributed by atoms with E-state index >= 15 is 0 Å². The lowest BCUT2D eigenvalue weighted by Crippen LogP contribution is -1.93. The van der Waals surface area contributed by atoms with Crippen LogP contribution in [0, 0.1) is 0 Å². The fourth-order valence-electron chi connectivity index (χ4n) is 3.08. The third-order valence-electron chi connectivity index (χ3n) is 4.84. The quantitative estimate of drug-likeness (QED) is 0.166. The molecule has 4 N–H and O–H groups in total. The van der Waals surface area contributed by atoms with Crippen molar-refractivity contribution in [3.8, 4) is 0 Å². The molecule has 0 aliphatic heterocycles. The van der Waals surface area contributed by atoms with Crippen LogP contribution < -0.4 is 6.15 Å². The van der Waals surface area contributed by atoms with Crippen molar-refractivity contribution in [2.75, 3.05) is 0 Å². The van der Waals surface area contributed by atoms with Crippen molar-refractivity contribution in [1.29, 1.82) is 0 Å². The van der Waals surface area contributed by atoms with Gasteiger partial charge in [-0.15, -0.1) is 12.4 Å². The first-order valence-corrected chi connectivity index (χ1v) is 11.9. The van der Waals surface area contributed by atoms with E-state index in [1.807, 2.05) is 0 Å². The molecule has 0 aliphatic rings. The van der Waals surface area contributed by atoms with Crippen LogP contribution in [0.4, 0.5) is 0 Å². The van der Waals surface area contributed by atoms with E-state index in [4.69, 9.17) is 5.11 Å². The van der Waals surface area contributed by atoms with Gasteiger partial charge in [0.2, 0.25) is 0 Å². The van der Waals surface area contributed by atoms with Gasteiger partial charge in [-0.2, -0.15) is 0 Å². The number of carboxylic acids is 1. The lowest BCUT2D eigenvalue weighted by atomic mass is 10.0. The Kier molecular flexibility index (Phi) is 39.7. The van der Waals surface area contributed by atoms with E-state index < -0.39 is 5.97 Å². The Morgan fingerprint density at radius 2 is 1.00 bits per heavy atom. The van der Waals surface area contributed by atoms with Crippen molar-refractivity contribution in [2.45, 2.75) is 143 Å². The average Bonchev–Trinajstić information content (AvgIpc) is 2.63. The van der Waals surface area contributed by atoms with Gasteiger partial charge in [-0.25, -0.2) is 0 Å². The zero-order chi connectivity index (χ0) is 20.6. The number of aliphatic carboxylic acids is 1. The summed E-state index contributed by atoms with van der Waals surface area (Å²) in [7, 11) is 0. The largest absolute Gasteiger partial charge is 0.481 e. The van der Waals surface area contributed by atoms with Crippen molar-refractivity contribution in [3.63, 3.8) is 0 Å². The van der Waals surface area contributed by atoms with E-state index in [2.05, 4.69) is 33.8 Å². The van der Waals surface area contributed by atoms with Gasteiger partial charge in [0.25, 0.3) is 0 Å². The maximum absolute atomic E-state index is 10.3. The van der Waals surface area contributed by atoms with Crippen LogP contribution in [0.5, 0.6) is 0 Å². The smallest absolute Gasteiger partial charge is 0.303 e. The lowest BCUT2D eigenvalue weighted by molar-refractivity contribution is -0.137. The average molecular weight is 436 g/mol. The first-order chi connectivity index (χ1) is 13.0. The second kappa shape index (κ2) is 32.1. The highest BCUT2D eigenvalue weighted by Crippen LogP contribution is 2.13. The van der Waals surface area contributed by atoms with E-state index in [0.717, 1.165) is 12.8 Å². The molecule has 0 rings (SSSR count). The Hall–Kier alpha value is -0.540. The van der Waals surface area contributed by atoms with Crippen LogP contribution in [0.2, 0.25) is 0 Å². The van der Waals surface area contributed by atoms with Crippen LogP contribution in [0.3, 0.4) is 0 Å².